The number of halogens is 5. The van der Waals surface area contributed by atoms with Crippen molar-refractivity contribution in [1.82, 2.24) is 4.90 Å². The first-order chi connectivity index (χ1) is 9.88. The molecule has 1 aliphatic rings. The maximum Gasteiger partial charge on any atom is 0.260 e. The van der Waals surface area contributed by atoms with Gasteiger partial charge in [-0.15, -0.1) is 0 Å². The van der Waals surface area contributed by atoms with Gasteiger partial charge in [-0.05, 0) is 0 Å². The van der Waals surface area contributed by atoms with Crippen LogP contribution in [0.25, 0.3) is 0 Å². The lowest BCUT2D eigenvalue weighted by molar-refractivity contribution is -0.0171. The fourth-order valence-electron chi connectivity index (χ4n) is 2.00. The summed E-state index contributed by atoms with van der Waals surface area (Å²) in [5, 5.41) is 0. The molecule has 0 saturated carbocycles. The van der Waals surface area contributed by atoms with Gasteiger partial charge in [0.1, 0.15) is 5.56 Å². The molecule has 9 heteroatoms. The molecule has 0 spiro atoms. The monoisotopic (exact) mass is 310 g/mol. The molecule has 4 nitrogen and oxygen atoms in total. The number of carbonyl (C=O) groups excluding carboxylic acids is 1. The molecule has 1 aromatic rings. The first kappa shape index (κ1) is 15.6. The van der Waals surface area contributed by atoms with Gasteiger partial charge in [-0.3, -0.25) is 4.79 Å². The second-order valence-corrected chi connectivity index (χ2v) is 4.42. The third-order valence-electron chi connectivity index (χ3n) is 3.11. The highest BCUT2D eigenvalue weighted by Crippen LogP contribution is 2.24. The van der Waals surface area contributed by atoms with E-state index in [0.717, 1.165) is 4.90 Å². The molecule has 1 amide bonds. The van der Waals surface area contributed by atoms with Gasteiger partial charge in [0.15, 0.2) is 23.3 Å². The van der Waals surface area contributed by atoms with Crippen LogP contribution in [0.15, 0.2) is 0 Å². The van der Waals surface area contributed by atoms with Crippen molar-refractivity contribution in [2.24, 2.45) is 5.73 Å². The Labute approximate surface area is 116 Å². The largest absolute Gasteiger partial charge is 0.373 e. The van der Waals surface area contributed by atoms with Gasteiger partial charge < -0.3 is 15.4 Å². The van der Waals surface area contributed by atoms with Crippen LogP contribution in [0, 0.1) is 29.1 Å². The summed E-state index contributed by atoms with van der Waals surface area (Å²) < 4.78 is 71.4. The van der Waals surface area contributed by atoms with E-state index in [1.54, 1.807) is 0 Å². The Morgan fingerprint density at radius 3 is 2.14 bits per heavy atom. The molecule has 0 aromatic heterocycles. The first-order valence-corrected chi connectivity index (χ1v) is 6.00. The molecule has 1 atom stereocenters. The van der Waals surface area contributed by atoms with E-state index in [0.29, 0.717) is 0 Å². The van der Waals surface area contributed by atoms with Crippen molar-refractivity contribution in [1.29, 1.82) is 0 Å². The minimum atomic E-state index is -2.30. The van der Waals surface area contributed by atoms with Crippen LogP contribution in [0.4, 0.5) is 22.0 Å². The molecule has 116 valence electrons. The van der Waals surface area contributed by atoms with Crippen LogP contribution in [-0.2, 0) is 4.74 Å². The highest BCUT2D eigenvalue weighted by molar-refractivity contribution is 5.95. The molecule has 0 bridgehead atoms. The van der Waals surface area contributed by atoms with Crippen molar-refractivity contribution in [2.75, 3.05) is 26.2 Å². The molecule has 21 heavy (non-hydrogen) atoms. The van der Waals surface area contributed by atoms with Gasteiger partial charge in [0.05, 0.1) is 12.7 Å². The SMILES string of the molecule is NCC1CN(C(=O)c2c(F)c(F)c(F)c(F)c2F)CCO1. The summed E-state index contributed by atoms with van der Waals surface area (Å²) in [6, 6.07) is 0. The zero-order chi connectivity index (χ0) is 15.7. The van der Waals surface area contributed by atoms with E-state index < -0.39 is 46.7 Å². The van der Waals surface area contributed by atoms with Crippen LogP contribution in [0.2, 0.25) is 0 Å². The fourth-order valence-corrected chi connectivity index (χ4v) is 2.00. The number of amides is 1. The normalized spacial score (nSPS) is 19.0. The summed E-state index contributed by atoms with van der Waals surface area (Å²) in [6.45, 7) is -0.00640. The number of hydrogen-bond acceptors (Lipinski definition) is 3. The number of nitrogens with zero attached hydrogens (tertiary/aromatic N) is 1. The fraction of sp³-hybridized carbons (Fsp3) is 0.417. The Hall–Kier alpha value is -1.74. The predicted octanol–water partition coefficient (Wildman–Crippen LogP) is 1.18. The van der Waals surface area contributed by atoms with Gasteiger partial charge in [0, 0.05) is 19.6 Å². The molecule has 1 aromatic carbocycles. The third kappa shape index (κ3) is 2.70. The Balaban J connectivity index is 2.40. The van der Waals surface area contributed by atoms with Gasteiger partial charge in [0.2, 0.25) is 5.82 Å². The summed E-state index contributed by atoms with van der Waals surface area (Å²) in [7, 11) is 0. The summed E-state index contributed by atoms with van der Waals surface area (Å²) in [5.41, 5.74) is 3.88. The van der Waals surface area contributed by atoms with Crippen LogP contribution < -0.4 is 5.73 Å². The first-order valence-electron chi connectivity index (χ1n) is 6.00. The van der Waals surface area contributed by atoms with Crippen LogP contribution in [0.1, 0.15) is 10.4 Å². The van der Waals surface area contributed by atoms with Gasteiger partial charge >= 0.3 is 0 Å². The molecule has 2 rings (SSSR count). The Morgan fingerprint density at radius 2 is 1.62 bits per heavy atom. The van der Waals surface area contributed by atoms with E-state index in [2.05, 4.69) is 0 Å². The molecule has 1 heterocycles. The molecule has 1 saturated heterocycles. The van der Waals surface area contributed by atoms with E-state index in [1.165, 1.54) is 0 Å². The van der Waals surface area contributed by atoms with Gasteiger partial charge in [-0.25, -0.2) is 22.0 Å². The lowest BCUT2D eigenvalue weighted by atomic mass is 10.1. The number of hydrogen-bond donors (Lipinski definition) is 1. The number of benzene rings is 1. The summed E-state index contributed by atoms with van der Waals surface area (Å²) >= 11 is 0. The zero-order valence-corrected chi connectivity index (χ0v) is 10.6. The molecule has 0 aliphatic carbocycles. The predicted molar refractivity (Wildman–Crippen MR) is 60.9 cm³/mol. The number of nitrogens with two attached hydrogens (primary N) is 1. The average molecular weight is 310 g/mol. The zero-order valence-electron chi connectivity index (χ0n) is 10.6. The second kappa shape index (κ2) is 5.94. The molecule has 0 radical (unpaired) electrons. The molecular formula is C12H11F5N2O2. The Kier molecular flexibility index (Phi) is 4.43. The van der Waals surface area contributed by atoms with Crippen molar-refractivity contribution in [3.8, 4) is 0 Å². The van der Waals surface area contributed by atoms with E-state index in [1.807, 2.05) is 0 Å². The van der Waals surface area contributed by atoms with Crippen LogP contribution in [0.3, 0.4) is 0 Å². The summed E-state index contributed by atoms with van der Waals surface area (Å²) in [5.74, 6) is -12.2. The number of morpholine rings is 1. The molecular weight excluding hydrogens is 299 g/mol. The maximum absolute atomic E-state index is 13.6. The topological polar surface area (TPSA) is 55.6 Å². The smallest absolute Gasteiger partial charge is 0.260 e. The molecule has 2 N–H and O–H groups in total. The van der Waals surface area contributed by atoms with Crippen LogP contribution >= 0.6 is 0 Å². The quantitative estimate of drug-likeness (QED) is 0.507. The van der Waals surface area contributed by atoms with Gasteiger partial charge in [-0.1, -0.05) is 0 Å². The van der Waals surface area contributed by atoms with Crippen molar-refractivity contribution < 1.29 is 31.5 Å². The molecule has 1 fully saturated rings. The minimum absolute atomic E-state index is 0.0329. The van der Waals surface area contributed by atoms with E-state index in [4.69, 9.17) is 10.5 Å². The minimum Gasteiger partial charge on any atom is -0.373 e. The lowest BCUT2D eigenvalue weighted by Crippen LogP contribution is -2.48. The van der Waals surface area contributed by atoms with E-state index in [-0.39, 0.29) is 26.2 Å². The van der Waals surface area contributed by atoms with Crippen molar-refractivity contribution in [3.05, 3.63) is 34.6 Å². The highest BCUT2D eigenvalue weighted by atomic mass is 19.2. The highest BCUT2D eigenvalue weighted by Gasteiger charge is 2.33. The van der Waals surface area contributed by atoms with Crippen LogP contribution in [-0.4, -0.2) is 43.2 Å². The molecule has 1 unspecified atom stereocenters. The number of rotatable bonds is 2. The van der Waals surface area contributed by atoms with Crippen molar-refractivity contribution >= 4 is 5.91 Å². The van der Waals surface area contributed by atoms with E-state index >= 15 is 0 Å². The summed E-state index contributed by atoms with van der Waals surface area (Å²) in [4.78, 5) is 13.0. The van der Waals surface area contributed by atoms with Crippen LogP contribution in [0.5, 0.6) is 0 Å². The number of ether oxygens (including phenoxy) is 1. The Morgan fingerprint density at radius 1 is 1.10 bits per heavy atom. The molecule has 1 aliphatic heterocycles. The summed E-state index contributed by atoms with van der Waals surface area (Å²) in [6.07, 6.45) is -0.552. The third-order valence-corrected chi connectivity index (χ3v) is 3.11. The van der Waals surface area contributed by atoms with Gasteiger partial charge in [-0.2, -0.15) is 0 Å². The van der Waals surface area contributed by atoms with E-state index in [9.17, 15) is 26.7 Å². The van der Waals surface area contributed by atoms with Crippen molar-refractivity contribution in [3.63, 3.8) is 0 Å². The van der Waals surface area contributed by atoms with Crippen molar-refractivity contribution in [2.45, 2.75) is 6.10 Å². The maximum atomic E-state index is 13.6. The average Bonchev–Trinajstić information content (AvgIpc) is 2.51. The van der Waals surface area contributed by atoms with Gasteiger partial charge in [0.25, 0.3) is 5.91 Å². The lowest BCUT2D eigenvalue weighted by Gasteiger charge is -2.32. The Bertz CT molecular complexity index is 552. The number of carbonyl (C=O) groups is 1. The standard InChI is InChI=1S/C12H11F5N2O2/c13-7-6(8(14)10(16)11(17)9(7)15)12(20)19-1-2-21-5(3-18)4-19/h5H,1-4,18H2. The second-order valence-electron chi connectivity index (χ2n) is 4.42.